The van der Waals surface area contributed by atoms with Crippen LogP contribution in [-0.4, -0.2) is 67.6 Å². The molecule has 150 valence electrons. The molecular formula is C22H37N5. The van der Waals surface area contributed by atoms with Gasteiger partial charge in [-0.1, -0.05) is 30.3 Å². The highest BCUT2D eigenvalue weighted by atomic mass is 15.3. The molecular weight excluding hydrogens is 334 g/mol. The zero-order valence-corrected chi connectivity index (χ0v) is 17.3. The average molecular weight is 372 g/mol. The molecule has 1 aromatic carbocycles. The van der Waals surface area contributed by atoms with Crippen molar-refractivity contribution in [1.82, 2.24) is 20.4 Å². The molecule has 0 radical (unpaired) electrons. The smallest absolute Gasteiger partial charge is 0.191 e. The van der Waals surface area contributed by atoms with Crippen molar-refractivity contribution in [3.8, 4) is 0 Å². The quantitative estimate of drug-likeness (QED) is 0.596. The van der Waals surface area contributed by atoms with Crippen molar-refractivity contribution in [2.24, 2.45) is 10.9 Å². The molecule has 0 spiro atoms. The van der Waals surface area contributed by atoms with E-state index >= 15 is 0 Å². The number of aliphatic imine (C=N–C) groups is 1. The number of hydrogen-bond donors (Lipinski definition) is 2. The molecule has 5 nitrogen and oxygen atoms in total. The zero-order chi connectivity index (χ0) is 19.1. The molecule has 2 aliphatic rings. The Bertz CT molecular complexity index is 580. The van der Waals surface area contributed by atoms with Gasteiger partial charge in [0.2, 0.25) is 0 Å². The predicted octanol–water partition coefficient (Wildman–Crippen LogP) is 2.55. The van der Waals surface area contributed by atoms with E-state index in [0.29, 0.717) is 12.1 Å². The normalized spacial score (nSPS) is 25.7. The van der Waals surface area contributed by atoms with Crippen LogP contribution in [0.25, 0.3) is 0 Å². The molecule has 2 fully saturated rings. The van der Waals surface area contributed by atoms with Gasteiger partial charge in [0.1, 0.15) is 0 Å². The van der Waals surface area contributed by atoms with Gasteiger partial charge in [0.25, 0.3) is 0 Å². The maximum atomic E-state index is 4.92. The summed E-state index contributed by atoms with van der Waals surface area (Å²) >= 11 is 0. The second-order valence-electron chi connectivity index (χ2n) is 8.31. The summed E-state index contributed by atoms with van der Waals surface area (Å²) in [7, 11) is 2.22. The lowest BCUT2D eigenvalue weighted by atomic mass is 9.97. The third kappa shape index (κ3) is 6.22. The lowest BCUT2D eigenvalue weighted by Crippen LogP contribution is -2.45. The number of rotatable bonds is 6. The number of benzene rings is 1. The summed E-state index contributed by atoms with van der Waals surface area (Å²) in [4.78, 5) is 9.92. The Labute approximate surface area is 165 Å². The van der Waals surface area contributed by atoms with E-state index < -0.39 is 0 Å². The van der Waals surface area contributed by atoms with Crippen LogP contribution in [0, 0.1) is 5.92 Å². The highest BCUT2D eigenvalue weighted by Crippen LogP contribution is 2.20. The summed E-state index contributed by atoms with van der Waals surface area (Å²) in [6.07, 6.45) is 3.71. The average Bonchev–Trinajstić information content (AvgIpc) is 3.01. The first-order chi connectivity index (χ1) is 13.1. The van der Waals surface area contributed by atoms with Crippen LogP contribution in [0.5, 0.6) is 0 Å². The molecule has 2 saturated heterocycles. The third-order valence-corrected chi connectivity index (χ3v) is 5.96. The molecule has 2 aliphatic heterocycles. The number of nitrogens with one attached hydrogen (secondary N) is 2. The van der Waals surface area contributed by atoms with Crippen LogP contribution < -0.4 is 10.6 Å². The first-order valence-electron chi connectivity index (χ1n) is 10.7. The van der Waals surface area contributed by atoms with Crippen LogP contribution in [0.3, 0.4) is 0 Å². The van der Waals surface area contributed by atoms with Gasteiger partial charge in [0, 0.05) is 38.3 Å². The monoisotopic (exact) mass is 371 g/mol. The van der Waals surface area contributed by atoms with Crippen LogP contribution in [0.4, 0.5) is 0 Å². The maximum absolute atomic E-state index is 4.92. The van der Waals surface area contributed by atoms with Crippen LogP contribution in [0.1, 0.15) is 38.7 Å². The Kier molecular flexibility index (Phi) is 7.53. The number of nitrogens with zero attached hydrogens (tertiary/aromatic N) is 3. The molecule has 5 heteroatoms. The fourth-order valence-electron chi connectivity index (χ4n) is 4.22. The summed E-state index contributed by atoms with van der Waals surface area (Å²) in [6.45, 7) is 10.9. The Morgan fingerprint density at radius 3 is 2.63 bits per heavy atom. The lowest BCUT2D eigenvalue weighted by molar-refractivity contribution is 0.223. The molecule has 2 atom stereocenters. The summed E-state index contributed by atoms with van der Waals surface area (Å²) < 4.78 is 0. The predicted molar refractivity (Wildman–Crippen MR) is 114 cm³/mol. The molecule has 0 aromatic heterocycles. The van der Waals surface area contributed by atoms with Crippen LogP contribution in [-0.2, 0) is 6.54 Å². The third-order valence-electron chi connectivity index (χ3n) is 5.96. The van der Waals surface area contributed by atoms with Gasteiger partial charge in [0.05, 0.1) is 0 Å². The van der Waals surface area contributed by atoms with E-state index in [9.17, 15) is 0 Å². The van der Waals surface area contributed by atoms with Crippen LogP contribution in [0.15, 0.2) is 35.3 Å². The Hall–Kier alpha value is -1.59. The van der Waals surface area contributed by atoms with Crippen molar-refractivity contribution in [2.45, 2.75) is 51.7 Å². The van der Waals surface area contributed by atoms with E-state index in [4.69, 9.17) is 4.99 Å². The summed E-state index contributed by atoms with van der Waals surface area (Å²) in [5, 5.41) is 7.15. The molecule has 2 unspecified atom stereocenters. The number of guanidine groups is 1. The van der Waals surface area contributed by atoms with E-state index in [1.165, 1.54) is 37.9 Å². The van der Waals surface area contributed by atoms with Gasteiger partial charge in [-0.15, -0.1) is 0 Å². The van der Waals surface area contributed by atoms with Gasteiger partial charge in [0.15, 0.2) is 5.96 Å². The number of likely N-dealkylation sites (tertiary alicyclic amines) is 2. The molecule has 27 heavy (non-hydrogen) atoms. The zero-order valence-electron chi connectivity index (χ0n) is 17.3. The lowest BCUT2D eigenvalue weighted by Gasteiger charge is -2.28. The summed E-state index contributed by atoms with van der Waals surface area (Å²) in [6, 6.07) is 11.9. The van der Waals surface area contributed by atoms with E-state index in [1.54, 1.807) is 0 Å². The fourth-order valence-corrected chi connectivity index (χ4v) is 4.22. The van der Waals surface area contributed by atoms with Gasteiger partial charge in [-0.3, -0.25) is 9.89 Å². The first kappa shape index (κ1) is 20.2. The van der Waals surface area contributed by atoms with Crippen molar-refractivity contribution < 1.29 is 0 Å². The van der Waals surface area contributed by atoms with Gasteiger partial charge < -0.3 is 15.5 Å². The molecule has 1 aromatic rings. The van der Waals surface area contributed by atoms with E-state index in [1.807, 2.05) is 0 Å². The minimum Gasteiger partial charge on any atom is -0.357 e. The van der Waals surface area contributed by atoms with E-state index in [-0.39, 0.29) is 0 Å². The second-order valence-corrected chi connectivity index (χ2v) is 8.31. The van der Waals surface area contributed by atoms with E-state index in [0.717, 1.165) is 38.1 Å². The summed E-state index contributed by atoms with van der Waals surface area (Å²) in [5.41, 5.74) is 1.40. The Morgan fingerprint density at radius 1 is 1.19 bits per heavy atom. The Morgan fingerprint density at radius 2 is 1.93 bits per heavy atom. The highest BCUT2D eigenvalue weighted by molar-refractivity contribution is 5.80. The van der Waals surface area contributed by atoms with E-state index in [2.05, 4.69) is 71.7 Å². The molecule has 0 saturated carbocycles. The topological polar surface area (TPSA) is 42.9 Å². The van der Waals surface area contributed by atoms with Crippen molar-refractivity contribution in [3.05, 3.63) is 35.9 Å². The van der Waals surface area contributed by atoms with Crippen molar-refractivity contribution >= 4 is 5.96 Å². The Balaban J connectivity index is 1.51. The first-order valence-corrected chi connectivity index (χ1v) is 10.7. The van der Waals surface area contributed by atoms with Crippen molar-refractivity contribution in [2.75, 3.05) is 39.8 Å². The van der Waals surface area contributed by atoms with Gasteiger partial charge in [-0.25, -0.2) is 0 Å². The second kappa shape index (κ2) is 10.1. The molecule has 2 N–H and O–H groups in total. The number of piperidine rings is 1. The fraction of sp³-hybridized carbons (Fsp3) is 0.682. The minimum atomic E-state index is 0.471. The number of hydrogen-bond acceptors (Lipinski definition) is 3. The molecule has 0 bridgehead atoms. The maximum Gasteiger partial charge on any atom is 0.191 e. The van der Waals surface area contributed by atoms with Crippen LogP contribution >= 0.6 is 0 Å². The largest absolute Gasteiger partial charge is 0.357 e. The van der Waals surface area contributed by atoms with Crippen molar-refractivity contribution in [1.29, 1.82) is 0 Å². The SMILES string of the molecule is CCNC(=NCC1CCN(C)CC1)NC1CC(C)N(Cc2ccccc2)C1. The highest BCUT2D eigenvalue weighted by Gasteiger charge is 2.29. The minimum absolute atomic E-state index is 0.471. The molecule has 0 amide bonds. The summed E-state index contributed by atoms with van der Waals surface area (Å²) in [5.74, 6) is 1.73. The molecule has 3 rings (SSSR count). The van der Waals surface area contributed by atoms with Crippen LogP contribution in [0.2, 0.25) is 0 Å². The molecule has 2 heterocycles. The van der Waals surface area contributed by atoms with Gasteiger partial charge in [-0.2, -0.15) is 0 Å². The van der Waals surface area contributed by atoms with Gasteiger partial charge in [-0.05, 0) is 64.7 Å². The van der Waals surface area contributed by atoms with Crippen molar-refractivity contribution in [3.63, 3.8) is 0 Å². The molecule has 0 aliphatic carbocycles. The standard InChI is InChI=1S/C22H37N5/c1-4-23-22(24-15-19-10-12-26(3)13-11-19)25-21-14-18(2)27(17-21)16-20-8-6-5-7-9-20/h5-9,18-19,21H,4,10-17H2,1-3H3,(H2,23,24,25). The van der Waals surface area contributed by atoms with Gasteiger partial charge >= 0.3 is 0 Å².